The van der Waals surface area contributed by atoms with E-state index in [1.165, 1.54) is 122 Å². The van der Waals surface area contributed by atoms with E-state index in [1.54, 1.807) is 0 Å². The maximum atomic E-state index is 13.0. The fraction of sp³-hybridized carbons (Fsp3) is 0.937. The summed E-state index contributed by atoms with van der Waals surface area (Å²) in [6, 6.07) is 0. The predicted molar refractivity (Wildman–Crippen MR) is 326 cm³/mol. The minimum Gasteiger partial charge on any atom is -0.462 e. The van der Waals surface area contributed by atoms with Gasteiger partial charge in [0.1, 0.15) is 19.3 Å². The molecule has 0 aliphatic carbocycles. The van der Waals surface area contributed by atoms with Gasteiger partial charge in [-0.05, 0) is 31.6 Å². The zero-order valence-corrected chi connectivity index (χ0v) is 54.4. The van der Waals surface area contributed by atoms with Crippen LogP contribution in [0.5, 0.6) is 0 Å². The van der Waals surface area contributed by atoms with E-state index < -0.39 is 97.5 Å². The third-order valence-corrected chi connectivity index (χ3v) is 16.4. The average Bonchev–Trinajstić information content (AvgIpc) is 3.44. The van der Waals surface area contributed by atoms with E-state index in [-0.39, 0.29) is 25.7 Å². The molecule has 0 bridgehead atoms. The second-order valence-corrected chi connectivity index (χ2v) is 26.2. The first-order valence-corrected chi connectivity index (χ1v) is 36.1. The Bertz CT molecular complexity index is 1600. The second kappa shape index (κ2) is 56.8. The van der Waals surface area contributed by atoms with Gasteiger partial charge in [0, 0.05) is 25.7 Å². The number of carbonyl (C=O) groups is 4. The standard InChI is InChI=1S/C63H122O17P2/c1-6-9-12-15-18-20-21-22-23-24-25-26-28-33-39-44-49-63(68)80-59(53-74-61(66)47-42-37-34-29-31-35-40-45-56(4)5)55-78-82(71,72)76-51-57(64)50-75-81(69,70)77-54-58(52-73-60(65)46-41-36-30-17-14-11-8-3)79-62(67)48-43-38-32-27-19-16-13-10-7-2/h56-59,64H,6-55H2,1-5H3,(H,69,70)(H,71,72)/t57-,58+,59+/m0/s1. The van der Waals surface area contributed by atoms with Gasteiger partial charge in [0.2, 0.25) is 0 Å². The molecule has 0 amide bonds. The largest absolute Gasteiger partial charge is 0.472 e. The number of carbonyl (C=O) groups excluding carboxylic acids is 4. The molecule has 82 heavy (non-hydrogen) atoms. The lowest BCUT2D eigenvalue weighted by Crippen LogP contribution is -2.30. The van der Waals surface area contributed by atoms with Crippen molar-refractivity contribution in [2.75, 3.05) is 39.6 Å². The maximum absolute atomic E-state index is 13.0. The summed E-state index contributed by atoms with van der Waals surface area (Å²) >= 11 is 0. The zero-order chi connectivity index (χ0) is 60.6. The van der Waals surface area contributed by atoms with Crippen LogP contribution in [0, 0.1) is 5.92 Å². The van der Waals surface area contributed by atoms with E-state index in [0.717, 1.165) is 109 Å². The van der Waals surface area contributed by atoms with Gasteiger partial charge in [0.25, 0.3) is 0 Å². The van der Waals surface area contributed by atoms with Crippen molar-refractivity contribution in [2.24, 2.45) is 5.92 Å². The molecular weight excluding hydrogens is 1090 g/mol. The molecule has 5 atom stereocenters. The third-order valence-electron chi connectivity index (χ3n) is 14.5. The van der Waals surface area contributed by atoms with Gasteiger partial charge >= 0.3 is 39.5 Å². The maximum Gasteiger partial charge on any atom is 0.472 e. The molecule has 0 aromatic rings. The number of phosphoric acid groups is 2. The Balaban J connectivity index is 5.18. The topological polar surface area (TPSA) is 237 Å². The molecule has 0 heterocycles. The summed E-state index contributed by atoms with van der Waals surface area (Å²) in [5, 5.41) is 10.5. The average molecular weight is 1210 g/mol. The summed E-state index contributed by atoms with van der Waals surface area (Å²) in [7, 11) is -9.88. The minimum absolute atomic E-state index is 0.105. The van der Waals surface area contributed by atoms with Crippen LogP contribution in [0.4, 0.5) is 0 Å². The Kier molecular flexibility index (Phi) is 55.5. The smallest absolute Gasteiger partial charge is 0.462 e. The van der Waals surface area contributed by atoms with Crippen LogP contribution in [0.3, 0.4) is 0 Å². The predicted octanol–water partition coefficient (Wildman–Crippen LogP) is 17.4. The SMILES string of the molecule is CCCCCCCCCCCCCCCCCCC(=O)O[C@H](COC(=O)CCCCCCCCCC(C)C)COP(=O)(O)OC[C@@H](O)COP(=O)(O)OC[C@@H](COC(=O)CCCCCCCCC)OC(=O)CCCCCCCCCCC. The van der Waals surface area contributed by atoms with Gasteiger partial charge in [-0.2, -0.15) is 0 Å². The molecule has 486 valence electrons. The molecule has 0 fully saturated rings. The van der Waals surface area contributed by atoms with Gasteiger partial charge in [0.05, 0.1) is 26.4 Å². The van der Waals surface area contributed by atoms with Crippen LogP contribution in [0.1, 0.15) is 317 Å². The lowest BCUT2D eigenvalue weighted by atomic mass is 10.0. The van der Waals surface area contributed by atoms with Crippen molar-refractivity contribution in [2.45, 2.75) is 335 Å². The third kappa shape index (κ3) is 57.2. The highest BCUT2D eigenvalue weighted by atomic mass is 31.2. The lowest BCUT2D eigenvalue weighted by Gasteiger charge is -2.21. The molecule has 0 aliphatic rings. The van der Waals surface area contributed by atoms with E-state index >= 15 is 0 Å². The van der Waals surface area contributed by atoms with E-state index in [9.17, 15) is 43.2 Å². The van der Waals surface area contributed by atoms with Gasteiger partial charge < -0.3 is 33.8 Å². The Morgan fingerprint density at radius 1 is 0.329 bits per heavy atom. The number of ether oxygens (including phenoxy) is 4. The van der Waals surface area contributed by atoms with Crippen LogP contribution < -0.4 is 0 Å². The Morgan fingerprint density at radius 2 is 0.561 bits per heavy atom. The van der Waals surface area contributed by atoms with Crippen LogP contribution in [0.2, 0.25) is 0 Å². The van der Waals surface area contributed by atoms with E-state index in [2.05, 4.69) is 34.6 Å². The normalized spacial score (nSPS) is 14.3. The molecule has 0 aromatic carbocycles. The van der Waals surface area contributed by atoms with E-state index in [0.29, 0.717) is 31.6 Å². The van der Waals surface area contributed by atoms with Crippen molar-refractivity contribution >= 4 is 39.5 Å². The molecule has 0 aliphatic heterocycles. The fourth-order valence-corrected chi connectivity index (χ4v) is 11.0. The Morgan fingerprint density at radius 3 is 0.829 bits per heavy atom. The molecule has 0 saturated carbocycles. The molecule has 3 N–H and O–H groups in total. The van der Waals surface area contributed by atoms with Gasteiger partial charge in [-0.25, -0.2) is 9.13 Å². The Hall–Kier alpha value is -1.94. The number of rotatable bonds is 63. The van der Waals surface area contributed by atoms with Crippen LogP contribution in [0.25, 0.3) is 0 Å². The van der Waals surface area contributed by atoms with E-state index in [1.807, 2.05) is 0 Å². The first kappa shape index (κ1) is 80.1. The number of phosphoric ester groups is 2. The Labute approximate surface area is 498 Å². The van der Waals surface area contributed by atoms with Crippen LogP contribution in [0.15, 0.2) is 0 Å². The van der Waals surface area contributed by atoms with Crippen LogP contribution in [-0.4, -0.2) is 96.7 Å². The molecule has 0 rings (SSSR count). The monoisotopic (exact) mass is 1210 g/mol. The van der Waals surface area contributed by atoms with Crippen LogP contribution in [-0.2, 0) is 65.4 Å². The van der Waals surface area contributed by atoms with Crippen molar-refractivity contribution in [3.8, 4) is 0 Å². The van der Waals surface area contributed by atoms with Crippen molar-refractivity contribution in [3.63, 3.8) is 0 Å². The first-order chi connectivity index (χ1) is 39.5. The molecule has 0 aromatic heterocycles. The minimum atomic E-state index is -4.94. The highest BCUT2D eigenvalue weighted by Crippen LogP contribution is 2.45. The summed E-state index contributed by atoms with van der Waals surface area (Å²) in [6.45, 7) is 7.08. The quantitative estimate of drug-likeness (QED) is 0.0222. The summed E-state index contributed by atoms with van der Waals surface area (Å²) in [5.74, 6) is -1.43. The molecule has 0 saturated heterocycles. The highest BCUT2D eigenvalue weighted by molar-refractivity contribution is 7.47. The summed E-state index contributed by atoms with van der Waals surface area (Å²) in [4.78, 5) is 72.0. The van der Waals surface area contributed by atoms with Crippen molar-refractivity contribution < 1.29 is 80.2 Å². The van der Waals surface area contributed by atoms with Crippen molar-refractivity contribution in [1.29, 1.82) is 0 Å². The number of aliphatic hydroxyl groups is 1. The number of unbranched alkanes of at least 4 members (excludes halogenated alkanes) is 35. The van der Waals surface area contributed by atoms with Crippen molar-refractivity contribution in [3.05, 3.63) is 0 Å². The molecule has 0 radical (unpaired) electrons. The summed E-state index contributed by atoms with van der Waals surface area (Å²) in [6.07, 6.45) is 40.5. The molecule has 19 heteroatoms. The lowest BCUT2D eigenvalue weighted by molar-refractivity contribution is -0.161. The van der Waals surface area contributed by atoms with Gasteiger partial charge in [-0.3, -0.25) is 37.3 Å². The van der Waals surface area contributed by atoms with E-state index in [4.69, 9.17) is 37.0 Å². The highest BCUT2D eigenvalue weighted by Gasteiger charge is 2.30. The summed E-state index contributed by atoms with van der Waals surface area (Å²) < 4.78 is 67.8. The number of hydrogen-bond donors (Lipinski definition) is 3. The fourth-order valence-electron chi connectivity index (χ4n) is 9.41. The van der Waals surface area contributed by atoms with Gasteiger partial charge in [-0.1, -0.05) is 266 Å². The number of esters is 4. The van der Waals surface area contributed by atoms with Gasteiger partial charge in [-0.15, -0.1) is 0 Å². The van der Waals surface area contributed by atoms with Crippen molar-refractivity contribution in [1.82, 2.24) is 0 Å². The second-order valence-electron chi connectivity index (χ2n) is 23.3. The molecule has 2 unspecified atom stereocenters. The molecular formula is C63H122O17P2. The zero-order valence-electron chi connectivity index (χ0n) is 52.6. The number of aliphatic hydroxyl groups excluding tert-OH is 1. The molecule has 0 spiro atoms. The summed E-state index contributed by atoms with van der Waals surface area (Å²) in [5.41, 5.74) is 0. The molecule has 17 nitrogen and oxygen atoms in total. The van der Waals surface area contributed by atoms with Gasteiger partial charge in [0.15, 0.2) is 12.2 Å². The number of hydrogen-bond acceptors (Lipinski definition) is 15. The first-order valence-electron chi connectivity index (χ1n) is 33.1. The van der Waals surface area contributed by atoms with Crippen LogP contribution >= 0.6 is 15.6 Å².